The van der Waals surface area contributed by atoms with E-state index >= 15 is 0 Å². The fraction of sp³-hybridized carbons (Fsp3) is 0.118. The molecule has 0 bridgehead atoms. The van der Waals surface area contributed by atoms with Crippen molar-refractivity contribution < 1.29 is 9.13 Å². The summed E-state index contributed by atoms with van der Waals surface area (Å²) >= 11 is 0. The van der Waals surface area contributed by atoms with Crippen LogP contribution in [-0.4, -0.2) is 11.7 Å². The molecule has 21 heavy (non-hydrogen) atoms. The lowest BCUT2D eigenvalue weighted by Crippen LogP contribution is -1.99. The number of ether oxygens (including phenoxy) is 1. The maximum atomic E-state index is 13.2. The minimum Gasteiger partial charge on any atom is -0.495 e. The molecule has 0 aliphatic carbocycles. The number of benzene rings is 2. The van der Waals surface area contributed by atoms with Crippen LogP contribution in [0.2, 0.25) is 0 Å². The molecule has 4 heteroatoms. The number of hydrogen-bond donors (Lipinski definition) is 0. The number of rotatable bonds is 3. The van der Waals surface area contributed by atoms with E-state index in [0.717, 1.165) is 16.5 Å². The normalized spacial score (nSPS) is 10.5. The molecule has 0 saturated carbocycles. The van der Waals surface area contributed by atoms with Crippen molar-refractivity contribution in [2.24, 2.45) is 0 Å². The predicted molar refractivity (Wildman–Crippen MR) is 78.7 cm³/mol. The van der Waals surface area contributed by atoms with E-state index in [9.17, 15) is 4.39 Å². The highest BCUT2D eigenvalue weighted by molar-refractivity contribution is 5.80. The second-order valence-corrected chi connectivity index (χ2v) is 4.79. The summed E-state index contributed by atoms with van der Waals surface area (Å²) in [6.45, 7) is 0.619. The first-order valence-electron chi connectivity index (χ1n) is 6.52. The average Bonchev–Trinajstić information content (AvgIpc) is 2.89. The lowest BCUT2D eigenvalue weighted by Gasteiger charge is -2.08. The van der Waals surface area contributed by atoms with Crippen molar-refractivity contribution in [3.8, 4) is 11.8 Å². The molecule has 1 heterocycles. The van der Waals surface area contributed by atoms with Gasteiger partial charge in [-0.15, -0.1) is 0 Å². The fourth-order valence-electron chi connectivity index (χ4n) is 2.45. The number of nitrogens with zero attached hydrogens (tertiary/aromatic N) is 2. The molecule has 104 valence electrons. The van der Waals surface area contributed by atoms with E-state index in [1.807, 2.05) is 29.0 Å². The second kappa shape index (κ2) is 5.29. The van der Waals surface area contributed by atoms with E-state index in [4.69, 9.17) is 10.00 Å². The Morgan fingerprint density at radius 2 is 2.05 bits per heavy atom. The molecule has 0 radical (unpaired) electrons. The van der Waals surface area contributed by atoms with Crippen LogP contribution in [0.15, 0.2) is 48.7 Å². The van der Waals surface area contributed by atoms with Gasteiger partial charge in [0.2, 0.25) is 0 Å². The van der Waals surface area contributed by atoms with Gasteiger partial charge in [-0.3, -0.25) is 0 Å². The standard InChI is InChI=1S/C17H13FN2O/c1-21-17-5-2-12(8-14(17)10-19)11-20-7-6-13-9-15(18)3-4-16(13)20/h2-9H,11H2,1H3. The van der Waals surface area contributed by atoms with Crippen molar-refractivity contribution >= 4 is 10.9 Å². The second-order valence-electron chi connectivity index (χ2n) is 4.79. The molecule has 0 amide bonds. The van der Waals surface area contributed by atoms with Crippen LogP contribution in [0.5, 0.6) is 5.75 Å². The zero-order valence-corrected chi connectivity index (χ0v) is 11.5. The first kappa shape index (κ1) is 13.2. The van der Waals surface area contributed by atoms with Crippen LogP contribution < -0.4 is 4.74 Å². The van der Waals surface area contributed by atoms with Gasteiger partial charge >= 0.3 is 0 Å². The maximum Gasteiger partial charge on any atom is 0.136 e. The largest absolute Gasteiger partial charge is 0.495 e. The summed E-state index contributed by atoms with van der Waals surface area (Å²) < 4.78 is 20.4. The van der Waals surface area contributed by atoms with Crippen LogP contribution in [0.25, 0.3) is 10.9 Å². The highest BCUT2D eigenvalue weighted by Gasteiger charge is 2.06. The highest BCUT2D eigenvalue weighted by Crippen LogP contribution is 2.22. The number of aromatic nitrogens is 1. The summed E-state index contributed by atoms with van der Waals surface area (Å²) in [7, 11) is 1.55. The molecule has 3 rings (SSSR count). The molecule has 0 spiro atoms. The Kier molecular flexibility index (Phi) is 3.33. The van der Waals surface area contributed by atoms with Crippen LogP contribution in [0.3, 0.4) is 0 Å². The van der Waals surface area contributed by atoms with Crippen LogP contribution in [0, 0.1) is 17.1 Å². The van der Waals surface area contributed by atoms with Crippen molar-refractivity contribution in [3.05, 3.63) is 65.6 Å². The molecule has 0 aliphatic heterocycles. The van der Waals surface area contributed by atoms with Gasteiger partial charge in [-0.1, -0.05) is 6.07 Å². The van der Waals surface area contributed by atoms with Crippen molar-refractivity contribution in [3.63, 3.8) is 0 Å². The van der Waals surface area contributed by atoms with E-state index in [1.54, 1.807) is 19.2 Å². The summed E-state index contributed by atoms with van der Waals surface area (Å²) in [5.74, 6) is 0.331. The first-order chi connectivity index (χ1) is 10.2. The Labute approximate surface area is 121 Å². The van der Waals surface area contributed by atoms with Gasteiger partial charge < -0.3 is 9.30 Å². The van der Waals surface area contributed by atoms with Crippen LogP contribution in [0.1, 0.15) is 11.1 Å². The van der Waals surface area contributed by atoms with Gasteiger partial charge in [0.25, 0.3) is 0 Å². The molecule has 0 saturated heterocycles. The molecule has 0 atom stereocenters. The molecule has 1 aromatic heterocycles. The SMILES string of the molecule is COc1ccc(Cn2ccc3cc(F)ccc32)cc1C#N. The van der Waals surface area contributed by atoms with Gasteiger partial charge in [-0.2, -0.15) is 5.26 Å². The van der Waals surface area contributed by atoms with E-state index in [0.29, 0.717) is 17.9 Å². The van der Waals surface area contributed by atoms with Crippen LogP contribution in [-0.2, 0) is 6.54 Å². The van der Waals surface area contributed by atoms with Gasteiger partial charge in [0.05, 0.1) is 12.7 Å². The van der Waals surface area contributed by atoms with E-state index in [2.05, 4.69) is 6.07 Å². The summed E-state index contributed by atoms with van der Waals surface area (Å²) in [6.07, 6.45) is 1.92. The van der Waals surface area contributed by atoms with Crippen molar-refractivity contribution in [1.82, 2.24) is 4.57 Å². The number of halogens is 1. The summed E-state index contributed by atoms with van der Waals surface area (Å²) in [5, 5.41) is 9.99. The molecular weight excluding hydrogens is 267 g/mol. The van der Waals surface area contributed by atoms with Gasteiger partial charge in [-0.25, -0.2) is 4.39 Å². The zero-order valence-electron chi connectivity index (χ0n) is 11.5. The number of fused-ring (bicyclic) bond motifs is 1. The zero-order chi connectivity index (χ0) is 14.8. The van der Waals surface area contributed by atoms with Crippen molar-refractivity contribution in [2.45, 2.75) is 6.54 Å². The summed E-state index contributed by atoms with van der Waals surface area (Å²) in [4.78, 5) is 0. The van der Waals surface area contributed by atoms with Gasteiger partial charge in [0.15, 0.2) is 0 Å². The third-order valence-corrected chi connectivity index (χ3v) is 3.47. The third kappa shape index (κ3) is 2.46. The smallest absolute Gasteiger partial charge is 0.136 e. The van der Waals surface area contributed by atoms with Gasteiger partial charge in [-0.05, 0) is 42.0 Å². The maximum absolute atomic E-state index is 13.2. The van der Waals surface area contributed by atoms with E-state index in [1.165, 1.54) is 12.1 Å². The Bertz CT molecular complexity index is 846. The van der Waals surface area contributed by atoms with Crippen LogP contribution >= 0.6 is 0 Å². The Morgan fingerprint density at radius 3 is 2.81 bits per heavy atom. The van der Waals surface area contributed by atoms with E-state index < -0.39 is 0 Å². The number of methoxy groups -OCH3 is 1. The summed E-state index contributed by atoms with van der Waals surface area (Å²) in [5.41, 5.74) is 2.47. The monoisotopic (exact) mass is 280 g/mol. The minimum absolute atomic E-state index is 0.239. The highest BCUT2D eigenvalue weighted by atomic mass is 19.1. The van der Waals surface area contributed by atoms with Crippen molar-refractivity contribution in [2.75, 3.05) is 7.11 Å². The molecule has 0 N–H and O–H groups in total. The average molecular weight is 280 g/mol. The Balaban J connectivity index is 1.97. The van der Waals surface area contributed by atoms with Gasteiger partial charge in [0.1, 0.15) is 17.6 Å². The summed E-state index contributed by atoms with van der Waals surface area (Å²) in [6, 6.07) is 14.3. The lowest BCUT2D eigenvalue weighted by molar-refractivity contribution is 0.413. The topological polar surface area (TPSA) is 38.0 Å². The fourth-order valence-corrected chi connectivity index (χ4v) is 2.45. The molecule has 0 aliphatic rings. The predicted octanol–water partition coefficient (Wildman–Crippen LogP) is 3.71. The third-order valence-electron chi connectivity index (χ3n) is 3.47. The molecule has 2 aromatic carbocycles. The lowest BCUT2D eigenvalue weighted by atomic mass is 10.1. The number of hydrogen-bond acceptors (Lipinski definition) is 2. The molecule has 3 aromatic rings. The van der Waals surface area contributed by atoms with E-state index in [-0.39, 0.29) is 5.82 Å². The van der Waals surface area contributed by atoms with Crippen LogP contribution in [0.4, 0.5) is 4.39 Å². The molecule has 0 unspecified atom stereocenters. The Hall–Kier alpha value is -2.80. The van der Waals surface area contributed by atoms with Crippen molar-refractivity contribution in [1.29, 1.82) is 5.26 Å². The number of nitriles is 1. The Morgan fingerprint density at radius 1 is 1.19 bits per heavy atom. The first-order valence-corrected chi connectivity index (χ1v) is 6.52. The minimum atomic E-state index is -0.239. The van der Waals surface area contributed by atoms with Gasteiger partial charge in [0, 0.05) is 23.6 Å². The molecular formula is C17H13FN2O. The molecule has 3 nitrogen and oxygen atoms in total. The quantitative estimate of drug-likeness (QED) is 0.733. The molecule has 0 fully saturated rings.